The Balaban J connectivity index is 1.40. The van der Waals surface area contributed by atoms with E-state index in [0.717, 1.165) is 17.5 Å². The average Bonchev–Trinajstić information content (AvgIpc) is 3.43. The van der Waals surface area contributed by atoms with Crippen LogP contribution >= 0.6 is 34.5 Å². The number of benzene rings is 2. The minimum Gasteiger partial charge on any atom is -0.462 e. The minimum absolute atomic E-state index is 0.360. The molecule has 0 spiro atoms. The topological polar surface area (TPSA) is 81.4 Å². The van der Waals surface area contributed by atoms with Crippen LogP contribution in [0.25, 0.3) is 27.6 Å². The molecule has 34 heavy (non-hydrogen) atoms. The molecule has 6 nitrogen and oxygen atoms in total. The van der Waals surface area contributed by atoms with Crippen LogP contribution in [0.2, 0.25) is 10.0 Å². The van der Waals surface area contributed by atoms with Gasteiger partial charge in [-0.1, -0.05) is 47.9 Å². The van der Waals surface area contributed by atoms with Crippen LogP contribution < -0.4 is 5.32 Å². The van der Waals surface area contributed by atoms with Crippen molar-refractivity contribution in [3.05, 3.63) is 76.0 Å². The van der Waals surface area contributed by atoms with Gasteiger partial charge in [-0.15, -0.1) is 0 Å². The third kappa shape index (κ3) is 5.86. The van der Waals surface area contributed by atoms with E-state index in [1.54, 1.807) is 54.6 Å². The highest BCUT2D eigenvalue weighted by Crippen LogP contribution is 2.32. The van der Waals surface area contributed by atoms with Gasteiger partial charge in [-0.05, 0) is 61.0 Å². The number of amides is 1. The third-order valence-electron chi connectivity index (χ3n) is 4.81. The zero-order chi connectivity index (χ0) is 24.1. The van der Waals surface area contributed by atoms with Crippen molar-refractivity contribution in [1.29, 1.82) is 0 Å². The van der Waals surface area contributed by atoms with E-state index < -0.39 is 0 Å². The van der Waals surface area contributed by atoms with Gasteiger partial charge in [0.05, 0.1) is 27.4 Å². The maximum atomic E-state index is 12.4. The van der Waals surface area contributed by atoms with E-state index in [9.17, 15) is 9.59 Å². The number of furan rings is 1. The molecule has 0 saturated carbocycles. The molecular formula is C25H20Cl2N2O4S. The monoisotopic (exact) mass is 514 g/mol. The molecule has 1 amide bonds. The van der Waals surface area contributed by atoms with E-state index in [4.69, 9.17) is 32.4 Å². The number of carbonyl (C=O) groups excluding carboxylic acids is 2. The van der Waals surface area contributed by atoms with Crippen LogP contribution in [-0.4, -0.2) is 23.5 Å². The molecule has 1 N–H and O–H groups in total. The predicted octanol–water partition coefficient (Wildman–Crippen LogP) is 7.47. The second kappa shape index (κ2) is 10.9. The van der Waals surface area contributed by atoms with E-state index in [1.165, 1.54) is 17.4 Å². The lowest BCUT2D eigenvalue weighted by atomic mass is 10.2. The van der Waals surface area contributed by atoms with E-state index in [1.807, 2.05) is 6.92 Å². The lowest BCUT2D eigenvalue weighted by molar-refractivity contribution is -0.111. The summed E-state index contributed by atoms with van der Waals surface area (Å²) in [5.41, 5.74) is 1.85. The van der Waals surface area contributed by atoms with Crippen LogP contribution in [0.4, 0.5) is 5.13 Å². The summed E-state index contributed by atoms with van der Waals surface area (Å²) in [5.74, 6) is 0.333. The van der Waals surface area contributed by atoms with Crippen molar-refractivity contribution in [2.75, 3.05) is 11.9 Å². The highest BCUT2D eigenvalue weighted by Gasteiger charge is 2.12. The first kappa shape index (κ1) is 24.0. The molecule has 9 heteroatoms. The third-order valence-corrected chi connectivity index (χ3v) is 6.29. The zero-order valence-corrected chi connectivity index (χ0v) is 20.5. The van der Waals surface area contributed by atoms with E-state index in [2.05, 4.69) is 10.3 Å². The number of aromatic nitrogens is 1. The number of unbranched alkanes of at least 4 members (excludes halogenated alkanes) is 1. The van der Waals surface area contributed by atoms with Gasteiger partial charge in [0.1, 0.15) is 11.5 Å². The van der Waals surface area contributed by atoms with Crippen LogP contribution in [0.1, 0.15) is 35.9 Å². The van der Waals surface area contributed by atoms with E-state index >= 15 is 0 Å². The number of nitrogens with one attached hydrogen (secondary N) is 1. The number of nitrogens with zero attached hydrogens (tertiary/aromatic N) is 1. The van der Waals surface area contributed by atoms with Crippen molar-refractivity contribution in [2.24, 2.45) is 0 Å². The molecule has 4 aromatic rings. The normalized spacial score (nSPS) is 11.3. The largest absolute Gasteiger partial charge is 0.462 e. The number of halogens is 2. The van der Waals surface area contributed by atoms with Gasteiger partial charge < -0.3 is 9.15 Å². The number of hydrogen-bond donors (Lipinski definition) is 1. The molecule has 0 bridgehead atoms. The molecule has 0 saturated heterocycles. The van der Waals surface area contributed by atoms with Gasteiger partial charge in [0, 0.05) is 16.7 Å². The van der Waals surface area contributed by atoms with Crippen LogP contribution in [0.5, 0.6) is 0 Å². The zero-order valence-electron chi connectivity index (χ0n) is 18.1. The lowest BCUT2D eigenvalue weighted by Gasteiger charge is -2.03. The number of esters is 1. The molecule has 2 heterocycles. The Morgan fingerprint density at radius 1 is 1.15 bits per heavy atom. The first-order chi connectivity index (χ1) is 16.4. The molecule has 0 aliphatic rings. The summed E-state index contributed by atoms with van der Waals surface area (Å²) in [6, 6.07) is 13.8. The van der Waals surface area contributed by atoms with E-state index in [0.29, 0.717) is 49.9 Å². The first-order valence-corrected chi connectivity index (χ1v) is 12.1. The van der Waals surface area contributed by atoms with Gasteiger partial charge in [-0.3, -0.25) is 10.1 Å². The van der Waals surface area contributed by atoms with Crippen molar-refractivity contribution >= 4 is 67.8 Å². The van der Waals surface area contributed by atoms with Gasteiger partial charge in [0.2, 0.25) is 5.91 Å². The molecule has 0 atom stereocenters. The lowest BCUT2D eigenvalue weighted by Crippen LogP contribution is -2.07. The number of ether oxygens (including phenoxy) is 1. The molecule has 0 aliphatic heterocycles. The number of anilines is 1. The number of thiazole rings is 1. The fourth-order valence-electron chi connectivity index (χ4n) is 3.08. The Hall–Kier alpha value is -3.13. The average molecular weight is 515 g/mol. The molecule has 4 rings (SSSR count). The summed E-state index contributed by atoms with van der Waals surface area (Å²) in [6.07, 6.45) is 4.69. The number of rotatable bonds is 8. The molecule has 2 aromatic heterocycles. The van der Waals surface area contributed by atoms with Crippen molar-refractivity contribution in [3.63, 3.8) is 0 Å². The summed E-state index contributed by atoms with van der Waals surface area (Å²) in [5, 5.41) is 4.17. The van der Waals surface area contributed by atoms with Gasteiger partial charge >= 0.3 is 5.97 Å². The van der Waals surface area contributed by atoms with Crippen LogP contribution in [0, 0.1) is 0 Å². The maximum Gasteiger partial charge on any atom is 0.338 e. The van der Waals surface area contributed by atoms with Crippen LogP contribution in [0.3, 0.4) is 0 Å². The standard InChI is InChI=1S/C25H20Cl2N2O4S/c1-2-3-12-32-24(31)15-4-9-20-22(13-15)34-25(28-20)29-23(30)11-7-17-6-10-21(33-17)18-8-5-16(26)14-19(18)27/h4-11,13-14H,2-3,12H2,1H3,(H,28,29,30)/b11-7+. The first-order valence-electron chi connectivity index (χ1n) is 10.5. The Bertz CT molecular complexity index is 1380. The highest BCUT2D eigenvalue weighted by molar-refractivity contribution is 7.22. The fourth-order valence-corrected chi connectivity index (χ4v) is 4.49. The van der Waals surface area contributed by atoms with Gasteiger partial charge in [0.15, 0.2) is 5.13 Å². The smallest absolute Gasteiger partial charge is 0.338 e. The van der Waals surface area contributed by atoms with Crippen molar-refractivity contribution in [2.45, 2.75) is 19.8 Å². The Morgan fingerprint density at radius 2 is 2.00 bits per heavy atom. The fraction of sp³-hybridized carbons (Fsp3) is 0.160. The molecule has 0 aliphatic carbocycles. The SMILES string of the molecule is CCCCOC(=O)c1ccc2nc(NC(=O)/C=C/c3ccc(-c4ccc(Cl)cc4Cl)o3)sc2c1. The quantitative estimate of drug-likeness (QED) is 0.150. The summed E-state index contributed by atoms with van der Waals surface area (Å²) in [4.78, 5) is 28.9. The molecule has 2 aromatic carbocycles. The number of hydrogen-bond acceptors (Lipinski definition) is 6. The maximum absolute atomic E-state index is 12.4. The van der Waals surface area contributed by atoms with Crippen molar-refractivity contribution < 1.29 is 18.7 Å². The summed E-state index contributed by atoms with van der Waals surface area (Å²) < 4.78 is 11.8. The molecule has 0 fully saturated rings. The summed E-state index contributed by atoms with van der Waals surface area (Å²) >= 11 is 13.4. The van der Waals surface area contributed by atoms with Gasteiger partial charge in [-0.25, -0.2) is 9.78 Å². The predicted molar refractivity (Wildman–Crippen MR) is 137 cm³/mol. The summed E-state index contributed by atoms with van der Waals surface area (Å²) in [6.45, 7) is 2.43. The Kier molecular flexibility index (Phi) is 7.67. The second-order valence-corrected chi connectivity index (χ2v) is 9.21. The van der Waals surface area contributed by atoms with Gasteiger partial charge in [0.25, 0.3) is 0 Å². The summed E-state index contributed by atoms with van der Waals surface area (Å²) in [7, 11) is 0. The highest BCUT2D eigenvalue weighted by atomic mass is 35.5. The van der Waals surface area contributed by atoms with Crippen LogP contribution in [-0.2, 0) is 9.53 Å². The number of fused-ring (bicyclic) bond motifs is 1. The van der Waals surface area contributed by atoms with Crippen molar-refractivity contribution in [1.82, 2.24) is 4.98 Å². The minimum atomic E-state index is -0.366. The van der Waals surface area contributed by atoms with Crippen LogP contribution in [0.15, 0.2) is 59.0 Å². The van der Waals surface area contributed by atoms with Gasteiger partial charge in [-0.2, -0.15) is 0 Å². The molecule has 0 radical (unpaired) electrons. The molecule has 174 valence electrons. The Morgan fingerprint density at radius 3 is 2.79 bits per heavy atom. The van der Waals surface area contributed by atoms with E-state index in [-0.39, 0.29) is 11.9 Å². The Labute approximate surface area is 210 Å². The second-order valence-electron chi connectivity index (χ2n) is 7.34. The van der Waals surface area contributed by atoms with Crippen molar-refractivity contribution in [3.8, 4) is 11.3 Å². The molecular weight excluding hydrogens is 495 g/mol. The molecule has 0 unspecified atom stereocenters. The number of carbonyl (C=O) groups is 2.